The van der Waals surface area contributed by atoms with E-state index < -0.39 is 5.91 Å². The van der Waals surface area contributed by atoms with Gasteiger partial charge in [0.1, 0.15) is 11.6 Å². The van der Waals surface area contributed by atoms with Gasteiger partial charge in [-0.1, -0.05) is 35.9 Å². The Balaban J connectivity index is 1.45. The van der Waals surface area contributed by atoms with Crippen molar-refractivity contribution in [3.8, 4) is 0 Å². The van der Waals surface area contributed by atoms with E-state index in [-0.39, 0.29) is 11.5 Å². The minimum absolute atomic E-state index is 0.238. The molecular weight excluding hydrogens is 462 g/mol. The molecule has 0 aliphatic heterocycles. The Kier molecular flexibility index (Phi) is 7.38. The summed E-state index contributed by atoms with van der Waals surface area (Å²) in [7, 11) is 1.96. The van der Waals surface area contributed by atoms with Crippen LogP contribution >= 0.6 is 11.6 Å². The lowest BCUT2D eigenvalue weighted by molar-refractivity contribution is 0.102. The fourth-order valence-corrected chi connectivity index (χ4v) is 3.60. The van der Waals surface area contributed by atoms with Crippen molar-refractivity contribution in [1.82, 2.24) is 9.97 Å². The first-order chi connectivity index (χ1) is 16.9. The van der Waals surface area contributed by atoms with Crippen molar-refractivity contribution in [2.75, 3.05) is 22.6 Å². The van der Waals surface area contributed by atoms with Crippen LogP contribution in [0.1, 0.15) is 31.8 Å². The quantitative estimate of drug-likeness (QED) is 0.357. The Bertz CT molecular complexity index is 1330. The van der Waals surface area contributed by atoms with Crippen molar-refractivity contribution < 1.29 is 9.59 Å². The predicted molar refractivity (Wildman–Crippen MR) is 139 cm³/mol. The third-order valence-corrected chi connectivity index (χ3v) is 5.54. The van der Waals surface area contributed by atoms with Crippen molar-refractivity contribution in [3.05, 3.63) is 112 Å². The van der Waals surface area contributed by atoms with Crippen LogP contribution in [-0.4, -0.2) is 28.8 Å². The van der Waals surface area contributed by atoms with Crippen molar-refractivity contribution in [1.29, 1.82) is 0 Å². The summed E-state index contributed by atoms with van der Waals surface area (Å²) in [6, 6.07) is 21.3. The molecule has 0 unspecified atom stereocenters. The second-order valence-corrected chi connectivity index (χ2v) is 8.50. The standard InChI is InChI=1S/C27H24ClN5O2/c1-18-6-13-24(30-16-18)32-27(35)22-15-21(28)11-12-23(22)31-26(34)20-9-7-19(8-10-20)17-33(2)25-5-3-4-14-29-25/h3-16H,17H2,1-2H3,(H,31,34)(H,30,32,35). The molecular formula is C27H24ClN5O2. The third kappa shape index (κ3) is 6.22. The lowest BCUT2D eigenvalue weighted by Gasteiger charge is -2.18. The number of halogens is 1. The topological polar surface area (TPSA) is 87.2 Å². The maximum absolute atomic E-state index is 12.9. The molecule has 0 bridgehead atoms. The number of carbonyl (C=O) groups excluding carboxylic acids is 2. The zero-order chi connectivity index (χ0) is 24.8. The van der Waals surface area contributed by atoms with E-state index in [1.165, 1.54) is 6.07 Å². The van der Waals surface area contributed by atoms with Gasteiger partial charge in [-0.3, -0.25) is 9.59 Å². The van der Waals surface area contributed by atoms with Crippen LogP contribution in [-0.2, 0) is 6.54 Å². The van der Waals surface area contributed by atoms with Crippen molar-refractivity contribution >= 4 is 40.7 Å². The number of hydrogen-bond acceptors (Lipinski definition) is 5. The fourth-order valence-electron chi connectivity index (χ4n) is 3.43. The molecule has 0 radical (unpaired) electrons. The molecule has 7 nitrogen and oxygen atoms in total. The third-order valence-electron chi connectivity index (χ3n) is 5.30. The number of hydrogen-bond donors (Lipinski definition) is 2. The number of nitrogens with one attached hydrogen (secondary N) is 2. The Labute approximate surface area is 208 Å². The van der Waals surface area contributed by atoms with Crippen molar-refractivity contribution in [2.45, 2.75) is 13.5 Å². The SMILES string of the molecule is Cc1ccc(NC(=O)c2cc(Cl)ccc2NC(=O)c2ccc(CN(C)c3ccccn3)cc2)nc1. The van der Waals surface area contributed by atoms with Gasteiger partial charge in [-0.15, -0.1) is 0 Å². The van der Waals surface area contributed by atoms with Crippen LogP contribution in [0.25, 0.3) is 0 Å². The molecule has 0 aliphatic carbocycles. The number of pyridine rings is 2. The number of carbonyl (C=O) groups is 2. The largest absolute Gasteiger partial charge is 0.355 e. The first-order valence-electron chi connectivity index (χ1n) is 10.9. The number of aryl methyl sites for hydroxylation is 1. The molecule has 0 aliphatic rings. The summed E-state index contributed by atoms with van der Waals surface area (Å²) in [5.41, 5.74) is 3.07. The molecule has 8 heteroatoms. The van der Waals surface area contributed by atoms with Crippen LogP contribution in [0, 0.1) is 6.92 Å². The normalized spacial score (nSPS) is 10.5. The minimum Gasteiger partial charge on any atom is -0.355 e. The van der Waals surface area contributed by atoms with E-state index in [1.807, 2.05) is 55.3 Å². The second-order valence-electron chi connectivity index (χ2n) is 8.06. The molecule has 176 valence electrons. The molecule has 2 aromatic carbocycles. The molecule has 2 N–H and O–H groups in total. The predicted octanol–water partition coefficient (Wildman–Crippen LogP) is 5.58. The average molecular weight is 486 g/mol. The summed E-state index contributed by atoms with van der Waals surface area (Å²) < 4.78 is 0. The smallest absolute Gasteiger partial charge is 0.258 e. The average Bonchev–Trinajstić information content (AvgIpc) is 2.87. The van der Waals surface area contributed by atoms with Gasteiger partial charge in [-0.05, 0) is 66.6 Å². The molecule has 0 fully saturated rings. The van der Waals surface area contributed by atoms with E-state index in [9.17, 15) is 9.59 Å². The summed E-state index contributed by atoms with van der Waals surface area (Å²) in [6.07, 6.45) is 3.41. The zero-order valence-corrected chi connectivity index (χ0v) is 20.1. The number of anilines is 3. The minimum atomic E-state index is -0.424. The van der Waals surface area contributed by atoms with Crippen LogP contribution in [0.2, 0.25) is 5.02 Å². The van der Waals surface area contributed by atoms with E-state index in [2.05, 4.69) is 20.6 Å². The van der Waals surface area contributed by atoms with Crippen molar-refractivity contribution in [2.24, 2.45) is 0 Å². The highest BCUT2D eigenvalue weighted by Crippen LogP contribution is 2.23. The molecule has 35 heavy (non-hydrogen) atoms. The maximum Gasteiger partial charge on any atom is 0.258 e. The van der Waals surface area contributed by atoms with Gasteiger partial charge >= 0.3 is 0 Å². The molecule has 0 spiro atoms. The fraction of sp³-hybridized carbons (Fsp3) is 0.111. The first kappa shape index (κ1) is 23.9. The summed E-state index contributed by atoms with van der Waals surface area (Å²) in [5.74, 6) is 0.513. The van der Waals surface area contributed by atoms with Crippen LogP contribution in [0.15, 0.2) is 85.2 Å². The number of nitrogens with zero attached hydrogens (tertiary/aromatic N) is 3. The number of amides is 2. The van der Waals surface area contributed by atoms with Gasteiger partial charge in [0.05, 0.1) is 11.3 Å². The van der Waals surface area contributed by atoms with Crippen LogP contribution < -0.4 is 15.5 Å². The van der Waals surface area contributed by atoms with Crippen LogP contribution in [0.4, 0.5) is 17.3 Å². The molecule has 2 heterocycles. The Morgan fingerprint density at radius 3 is 2.40 bits per heavy atom. The van der Waals surface area contributed by atoms with Gasteiger partial charge in [-0.2, -0.15) is 0 Å². The molecule has 0 saturated carbocycles. The molecule has 0 atom stereocenters. The monoisotopic (exact) mass is 485 g/mol. The summed E-state index contributed by atoms with van der Waals surface area (Å²) in [6.45, 7) is 2.56. The van der Waals surface area contributed by atoms with E-state index in [0.29, 0.717) is 28.6 Å². The van der Waals surface area contributed by atoms with Gasteiger partial charge in [-0.25, -0.2) is 9.97 Å². The highest BCUT2D eigenvalue weighted by atomic mass is 35.5. The molecule has 2 amide bonds. The van der Waals surface area contributed by atoms with E-state index in [0.717, 1.165) is 16.9 Å². The molecule has 0 saturated heterocycles. The Hall–Kier alpha value is -4.23. The first-order valence-corrected chi connectivity index (χ1v) is 11.3. The Morgan fingerprint density at radius 1 is 0.914 bits per heavy atom. The lowest BCUT2D eigenvalue weighted by atomic mass is 10.1. The van der Waals surface area contributed by atoms with Gasteiger partial charge in [0.2, 0.25) is 0 Å². The van der Waals surface area contributed by atoms with Crippen molar-refractivity contribution in [3.63, 3.8) is 0 Å². The number of aromatic nitrogens is 2. The summed E-state index contributed by atoms with van der Waals surface area (Å²) in [5, 5.41) is 5.93. The number of benzene rings is 2. The van der Waals surface area contributed by atoms with Gasteiger partial charge in [0.25, 0.3) is 11.8 Å². The van der Waals surface area contributed by atoms with E-state index in [1.54, 1.807) is 42.7 Å². The van der Waals surface area contributed by atoms with Crippen LogP contribution in [0.5, 0.6) is 0 Å². The van der Waals surface area contributed by atoms with Gasteiger partial charge < -0.3 is 15.5 Å². The number of rotatable bonds is 7. The van der Waals surface area contributed by atoms with E-state index in [4.69, 9.17) is 11.6 Å². The lowest BCUT2D eigenvalue weighted by Crippen LogP contribution is -2.19. The molecule has 4 aromatic rings. The highest BCUT2D eigenvalue weighted by Gasteiger charge is 2.16. The van der Waals surface area contributed by atoms with Gasteiger partial charge in [0, 0.05) is 36.6 Å². The molecule has 2 aromatic heterocycles. The maximum atomic E-state index is 12.9. The van der Waals surface area contributed by atoms with E-state index >= 15 is 0 Å². The highest BCUT2D eigenvalue weighted by molar-refractivity contribution is 6.31. The van der Waals surface area contributed by atoms with Gasteiger partial charge in [0.15, 0.2) is 0 Å². The Morgan fingerprint density at radius 2 is 1.71 bits per heavy atom. The zero-order valence-electron chi connectivity index (χ0n) is 19.3. The summed E-state index contributed by atoms with van der Waals surface area (Å²) in [4.78, 5) is 36.4. The molecule has 4 rings (SSSR count). The summed E-state index contributed by atoms with van der Waals surface area (Å²) >= 11 is 6.12. The van der Waals surface area contributed by atoms with Crippen LogP contribution in [0.3, 0.4) is 0 Å². The second kappa shape index (κ2) is 10.8.